The minimum Gasteiger partial charge on any atom is -0.465 e. The lowest BCUT2D eigenvalue weighted by atomic mass is 10.0. The van der Waals surface area contributed by atoms with Crippen LogP contribution in [0.1, 0.15) is 35.3 Å². The number of carbonyl (C=O) groups excluding carboxylic acids is 1. The Labute approximate surface area is 165 Å². The summed E-state index contributed by atoms with van der Waals surface area (Å²) in [6, 6.07) is 15.1. The summed E-state index contributed by atoms with van der Waals surface area (Å²) in [5.74, 6) is 0.837. The van der Waals surface area contributed by atoms with Crippen LogP contribution in [0.2, 0.25) is 0 Å². The summed E-state index contributed by atoms with van der Waals surface area (Å²) in [5.41, 5.74) is 4.87. The minimum atomic E-state index is -0.360. The summed E-state index contributed by atoms with van der Waals surface area (Å²) in [5, 5.41) is 6.61. The first-order valence-corrected chi connectivity index (χ1v) is 9.30. The number of para-hydroxylation sites is 1. The molecule has 2 N–H and O–H groups in total. The maximum Gasteiger partial charge on any atom is 0.337 e. The molecule has 0 spiro atoms. The number of aryl methyl sites for hydroxylation is 2. The van der Waals surface area contributed by atoms with E-state index >= 15 is 0 Å². The van der Waals surface area contributed by atoms with Gasteiger partial charge in [-0.2, -0.15) is 4.98 Å². The van der Waals surface area contributed by atoms with E-state index < -0.39 is 0 Å². The van der Waals surface area contributed by atoms with Crippen molar-refractivity contribution in [2.45, 2.75) is 26.7 Å². The molecule has 0 amide bonds. The van der Waals surface area contributed by atoms with Crippen molar-refractivity contribution >= 4 is 29.1 Å². The fraction of sp³-hybridized carbons (Fsp3) is 0.227. The Morgan fingerprint density at radius 2 is 1.64 bits per heavy atom. The zero-order valence-electron chi connectivity index (χ0n) is 16.3. The summed E-state index contributed by atoms with van der Waals surface area (Å²) in [6.45, 7) is 4.27. The van der Waals surface area contributed by atoms with E-state index in [9.17, 15) is 4.79 Å². The predicted octanol–water partition coefficient (Wildman–Crippen LogP) is 4.88. The van der Waals surface area contributed by atoms with E-state index in [-0.39, 0.29) is 5.97 Å². The van der Waals surface area contributed by atoms with Crippen LogP contribution in [0.4, 0.5) is 23.1 Å². The number of ether oxygens (including phenoxy) is 1. The van der Waals surface area contributed by atoms with Crippen molar-refractivity contribution in [3.8, 4) is 0 Å². The third kappa shape index (κ3) is 4.46. The maximum absolute atomic E-state index is 11.5. The first-order valence-electron chi connectivity index (χ1n) is 9.30. The molecule has 3 aromatic rings. The lowest BCUT2D eigenvalue weighted by Crippen LogP contribution is -2.05. The van der Waals surface area contributed by atoms with Crippen LogP contribution in [-0.2, 0) is 17.6 Å². The van der Waals surface area contributed by atoms with Crippen LogP contribution >= 0.6 is 0 Å². The molecular weight excluding hydrogens is 352 g/mol. The highest BCUT2D eigenvalue weighted by molar-refractivity contribution is 5.89. The Hall–Kier alpha value is -3.41. The van der Waals surface area contributed by atoms with E-state index in [4.69, 9.17) is 4.74 Å². The van der Waals surface area contributed by atoms with E-state index in [0.717, 1.165) is 24.2 Å². The van der Waals surface area contributed by atoms with Gasteiger partial charge in [0.15, 0.2) is 0 Å². The van der Waals surface area contributed by atoms with Crippen molar-refractivity contribution in [3.05, 3.63) is 71.4 Å². The molecule has 1 aromatic heterocycles. The second kappa shape index (κ2) is 8.99. The highest BCUT2D eigenvalue weighted by Gasteiger charge is 2.09. The van der Waals surface area contributed by atoms with Crippen molar-refractivity contribution in [2.75, 3.05) is 17.7 Å². The molecule has 0 aliphatic rings. The number of rotatable bonds is 7. The summed E-state index contributed by atoms with van der Waals surface area (Å²) < 4.78 is 4.72. The lowest BCUT2D eigenvalue weighted by Gasteiger charge is -2.15. The fourth-order valence-electron chi connectivity index (χ4n) is 2.96. The molecular formula is C22H24N4O2. The van der Waals surface area contributed by atoms with Crippen LogP contribution in [0.3, 0.4) is 0 Å². The molecule has 28 heavy (non-hydrogen) atoms. The van der Waals surface area contributed by atoms with Gasteiger partial charge in [0, 0.05) is 17.6 Å². The highest BCUT2D eigenvalue weighted by Crippen LogP contribution is 2.26. The van der Waals surface area contributed by atoms with Crippen molar-refractivity contribution < 1.29 is 9.53 Å². The third-order valence-corrected chi connectivity index (χ3v) is 4.47. The van der Waals surface area contributed by atoms with E-state index in [1.807, 2.05) is 12.1 Å². The number of hydrogen-bond donors (Lipinski definition) is 2. The van der Waals surface area contributed by atoms with Gasteiger partial charge in [-0.05, 0) is 54.3 Å². The van der Waals surface area contributed by atoms with Crippen LogP contribution in [0, 0.1) is 0 Å². The van der Waals surface area contributed by atoms with Crippen molar-refractivity contribution in [1.82, 2.24) is 9.97 Å². The molecule has 0 radical (unpaired) electrons. The molecule has 0 fully saturated rings. The van der Waals surface area contributed by atoms with Gasteiger partial charge in [0.2, 0.25) is 5.95 Å². The topological polar surface area (TPSA) is 76.1 Å². The van der Waals surface area contributed by atoms with Crippen LogP contribution in [-0.4, -0.2) is 23.0 Å². The van der Waals surface area contributed by atoms with Crippen molar-refractivity contribution in [1.29, 1.82) is 0 Å². The molecule has 0 aliphatic carbocycles. The Kier molecular flexibility index (Phi) is 6.22. The van der Waals surface area contributed by atoms with E-state index in [1.54, 1.807) is 24.4 Å². The van der Waals surface area contributed by atoms with Gasteiger partial charge < -0.3 is 15.4 Å². The third-order valence-electron chi connectivity index (χ3n) is 4.47. The quantitative estimate of drug-likeness (QED) is 0.573. The van der Waals surface area contributed by atoms with E-state index in [2.05, 4.69) is 52.6 Å². The Bertz CT molecular complexity index is 933. The Morgan fingerprint density at radius 3 is 2.25 bits per heavy atom. The molecule has 0 saturated heterocycles. The number of esters is 1. The highest BCUT2D eigenvalue weighted by atomic mass is 16.5. The predicted molar refractivity (Wildman–Crippen MR) is 112 cm³/mol. The molecule has 1 heterocycles. The maximum atomic E-state index is 11.5. The number of aromatic nitrogens is 2. The van der Waals surface area contributed by atoms with Gasteiger partial charge in [0.25, 0.3) is 0 Å². The fourth-order valence-corrected chi connectivity index (χ4v) is 2.96. The SMILES string of the molecule is CCc1cccc(CC)c1Nc1nccc(Nc2ccc(C(=O)OC)cc2)n1. The molecule has 3 rings (SSSR count). The first kappa shape index (κ1) is 19.4. The van der Waals surface area contributed by atoms with Gasteiger partial charge in [-0.1, -0.05) is 32.0 Å². The summed E-state index contributed by atoms with van der Waals surface area (Å²) >= 11 is 0. The average Bonchev–Trinajstić information content (AvgIpc) is 2.74. The molecule has 0 atom stereocenters. The largest absolute Gasteiger partial charge is 0.465 e. The summed E-state index contributed by atoms with van der Waals surface area (Å²) in [4.78, 5) is 20.4. The standard InChI is InChI=1S/C22H24N4O2/c1-4-15-7-6-8-16(5-2)20(15)26-22-23-14-13-19(25-22)24-18-11-9-17(10-12-18)21(27)28-3/h6-14H,4-5H2,1-3H3,(H2,23,24,25,26). The first-order chi connectivity index (χ1) is 13.6. The molecule has 2 aromatic carbocycles. The zero-order chi connectivity index (χ0) is 19.9. The van der Waals surface area contributed by atoms with Crippen molar-refractivity contribution in [3.63, 3.8) is 0 Å². The number of carbonyl (C=O) groups is 1. The Balaban J connectivity index is 1.79. The number of benzene rings is 2. The smallest absolute Gasteiger partial charge is 0.337 e. The Morgan fingerprint density at radius 1 is 0.964 bits per heavy atom. The number of anilines is 4. The number of hydrogen-bond acceptors (Lipinski definition) is 6. The van der Waals surface area contributed by atoms with Gasteiger partial charge in [-0.25, -0.2) is 9.78 Å². The van der Waals surface area contributed by atoms with E-state index in [1.165, 1.54) is 18.2 Å². The zero-order valence-corrected chi connectivity index (χ0v) is 16.3. The van der Waals surface area contributed by atoms with Crippen molar-refractivity contribution in [2.24, 2.45) is 0 Å². The van der Waals surface area contributed by atoms with Gasteiger partial charge in [-0.3, -0.25) is 0 Å². The van der Waals surface area contributed by atoms with E-state index in [0.29, 0.717) is 17.3 Å². The summed E-state index contributed by atoms with van der Waals surface area (Å²) in [6.07, 6.45) is 3.57. The molecule has 6 nitrogen and oxygen atoms in total. The molecule has 0 unspecified atom stereocenters. The number of methoxy groups -OCH3 is 1. The van der Waals surface area contributed by atoms with Gasteiger partial charge in [0.05, 0.1) is 12.7 Å². The molecule has 0 aliphatic heterocycles. The second-order valence-electron chi connectivity index (χ2n) is 6.24. The average molecular weight is 376 g/mol. The van der Waals surface area contributed by atoms with Crippen LogP contribution in [0.25, 0.3) is 0 Å². The van der Waals surface area contributed by atoms with Gasteiger partial charge in [-0.15, -0.1) is 0 Å². The second-order valence-corrected chi connectivity index (χ2v) is 6.24. The minimum absolute atomic E-state index is 0.360. The summed E-state index contributed by atoms with van der Waals surface area (Å²) in [7, 11) is 1.37. The number of nitrogens with one attached hydrogen (secondary N) is 2. The monoisotopic (exact) mass is 376 g/mol. The van der Waals surface area contributed by atoms with Crippen LogP contribution < -0.4 is 10.6 Å². The lowest BCUT2D eigenvalue weighted by molar-refractivity contribution is 0.0601. The molecule has 0 bridgehead atoms. The number of nitrogens with zero attached hydrogens (tertiary/aromatic N) is 2. The molecule has 0 saturated carbocycles. The van der Waals surface area contributed by atoms with Gasteiger partial charge >= 0.3 is 5.97 Å². The normalized spacial score (nSPS) is 10.4. The van der Waals surface area contributed by atoms with Gasteiger partial charge in [0.1, 0.15) is 5.82 Å². The van der Waals surface area contributed by atoms with Crippen LogP contribution in [0.15, 0.2) is 54.7 Å². The molecule has 144 valence electrons. The van der Waals surface area contributed by atoms with Crippen LogP contribution in [0.5, 0.6) is 0 Å². The molecule has 6 heteroatoms.